The molecule has 0 saturated heterocycles. The lowest BCUT2D eigenvalue weighted by Crippen LogP contribution is -2.41. The van der Waals surface area contributed by atoms with E-state index in [0.717, 1.165) is 28.7 Å². The Balaban J connectivity index is 1.80. The second kappa shape index (κ2) is 11.2. The fraction of sp³-hybridized carbons (Fsp3) is 0.345. The van der Waals surface area contributed by atoms with Crippen molar-refractivity contribution in [2.45, 2.75) is 60.1 Å². The van der Waals surface area contributed by atoms with E-state index in [2.05, 4.69) is 29.4 Å². The summed E-state index contributed by atoms with van der Waals surface area (Å²) in [6.07, 6.45) is 2.22. The summed E-state index contributed by atoms with van der Waals surface area (Å²) in [7, 11) is 0. The number of rotatable bonds is 7. The van der Waals surface area contributed by atoms with E-state index in [1.54, 1.807) is 0 Å². The van der Waals surface area contributed by atoms with E-state index in [1.807, 2.05) is 83.3 Å². The van der Waals surface area contributed by atoms with Gasteiger partial charge in [0.2, 0.25) is 5.91 Å². The van der Waals surface area contributed by atoms with Gasteiger partial charge in [-0.3, -0.25) is 14.7 Å². The van der Waals surface area contributed by atoms with Crippen LogP contribution in [0.25, 0.3) is 11.1 Å². The van der Waals surface area contributed by atoms with E-state index in [9.17, 15) is 9.59 Å². The van der Waals surface area contributed by atoms with Gasteiger partial charge >= 0.3 is 6.09 Å². The van der Waals surface area contributed by atoms with Crippen LogP contribution in [0.4, 0.5) is 10.5 Å². The predicted molar refractivity (Wildman–Crippen MR) is 140 cm³/mol. The van der Waals surface area contributed by atoms with E-state index in [-0.39, 0.29) is 19.0 Å². The molecule has 1 aromatic heterocycles. The predicted octanol–water partition coefficient (Wildman–Crippen LogP) is 6.30. The molecule has 2 aromatic carbocycles. The molecular weight excluding hydrogens is 438 g/mol. The van der Waals surface area contributed by atoms with Crippen molar-refractivity contribution in [3.63, 3.8) is 0 Å². The van der Waals surface area contributed by atoms with Crippen LogP contribution in [-0.2, 0) is 22.5 Å². The van der Waals surface area contributed by atoms with Gasteiger partial charge in [0.1, 0.15) is 12.1 Å². The van der Waals surface area contributed by atoms with Gasteiger partial charge in [0, 0.05) is 18.3 Å². The first-order valence-electron chi connectivity index (χ1n) is 11.9. The number of aryl methyl sites for hydroxylation is 3. The van der Waals surface area contributed by atoms with E-state index >= 15 is 0 Å². The highest BCUT2D eigenvalue weighted by atomic mass is 16.6. The van der Waals surface area contributed by atoms with Gasteiger partial charge in [-0.1, -0.05) is 61.0 Å². The van der Waals surface area contributed by atoms with Gasteiger partial charge in [-0.25, -0.2) is 4.79 Å². The third kappa shape index (κ3) is 7.67. The zero-order valence-corrected chi connectivity index (χ0v) is 21.5. The van der Waals surface area contributed by atoms with E-state index in [1.165, 1.54) is 10.5 Å². The number of carbonyl (C=O) groups is 2. The average Bonchev–Trinajstić information content (AvgIpc) is 2.79. The molecule has 6 heteroatoms. The zero-order chi connectivity index (χ0) is 25.6. The second-order valence-electron chi connectivity index (χ2n) is 9.78. The van der Waals surface area contributed by atoms with Crippen molar-refractivity contribution >= 4 is 17.7 Å². The monoisotopic (exact) mass is 473 g/mol. The molecule has 0 radical (unpaired) electrons. The Labute approximate surface area is 208 Å². The molecule has 0 fully saturated rings. The highest BCUT2D eigenvalue weighted by molar-refractivity contribution is 5.95. The van der Waals surface area contributed by atoms with Gasteiger partial charge in [-0.15, -0.1) is 0 Å². The summed E-state index contributed by atoms with van der Waals surface area (Å²) in [5.74, 6) is -0.312. The number of ether oxygens (including phenoxy) is 1. The molecule has 1 heterocycles. The molecule has 0 aliphatic heterocycles. The van der Waals surface area contributed by atoms with Crippen LogP contribution < -0.4 is 5.32 Å². The lowest BCUT2D eigenvalue weighted by molar-refractivity contribution is -0.117. The average molecular weight is 474 g/mol. The topological polar surface area (TPSA) is 71.5 Å². The normalized spacial score (nSPS) is 11.1. The van der Waals surface area contributed by atoms with Crippen LogP contribution in [0, 0.1) is 13.8 Å². The smallest absolute Gasteiger partial charge is 0.411 e. The molecule has 2 amide bonds. The number of anilines is 1. The number of nitrogens with zero attached hydrogens (tertiary/aromatic N) is 2. The molecule has 1 N–H and O–H groups in total. The SMILES string of the molecule is CCc1cccc(-c2cnc(C)c(NC(=O)CN(Cc3cccc(C)c3)C(=O)OC(C)(C)C)c2)c1. The fourth-order valence-corrected chi connectivity index (χ4v) is 3.69. The van der Waals surface area contributed by atoms with Crippen LogP contribution in [-0.4, -0.2) is 34.0 Å². The van der Waals surface area contributed by atoms with Gasteiger partial charge in [-0.05, 0) is 63.8 Å². The molecule has 0 spiro atoms. The number of carbonyl (C=O) groups excluding carboxylic acids is 2. The molecular formula is C29H35N3O3. The number of pyridine rings is 1. The Morgan fingerprint density at radius 1 is 0.971 bits per heavy atom. The number of benzene rings is 2. The van der Waals surface area contributed by atoms with Gasteiger partial charge in [-0.2, -0.15) is 0 Å². The summed E-state index contributed by atoms with van der Waals surface area (Å²) in [5, 5.41) is 2.94. The number of aromatic nitrogens is 1. The third-order valence-electron chi connectivity index (χ3n) is 5.47. The quantitative estimate of drug-likeness (QED) is 0.437. The minimum Gasteiger partial charge on any atom is -0.444 e. The maximum Gasteiger partial charge on any atom is 0.411 e. The van der Waals surface area contributed by atoms with Gasteiger partial charge in [0.25, 0.3) is 0 Å². The molecule has 3 aromatic rings. The van der Waals surface area contributed by atoms with Crippen LogP contribution in [0.5, 0.6) is 0 Å². The van der Waals surface area contributed by atoms with Gasteiger partial charge in [0.05, 0.1) is 11.4 Å². The lowest BCUT2D eigenvalue weighted by Gasteiger charge is -2.27. The van der Waals surface area contributed by atoms with Crippen molar-refractivity contribution in [2.75, 3.05) is 11.9 Å². The Bertz CT molecular complexity index is 1200. The first-order chi connectivity index (χ1) is 16.5. The summed E-state index contributed by atoms with van der Waals surface area (Å²) in [5.41, 5.74) is 5.87. The Hall–Kier alpha value is -3.67. The van der Waals surface area contributed by atoms with Crippen LogP contribution in [0.1, 0.15) is 50.1 Å². The van der Waals surface area contributed by atoms with Crippen LogP contribution >= 0.6 is 0 Å². The highest BCUT2D eigenvalue weighted by Gasteiger charge is 2.24. The Morgan fingerprint density at radius 2 is 1.69 bits per heavy atom. The minimum atomic E-state index is -0.666. The third-order valence-corrected chi connectivity index (χ3v) is 5.47. The first-order valence-corrected chi connectivity index (χ1v) is 11.9. The van der Waals surface area contributed by atoms with Gasteiger partial charge < -0.3 is 10.1 Å². The standard InChI is InChI=1S/C29H35N3O3/c1-7-22-11-9-13-24(15-22)25-16-26(21(3)30-17-25)31-27(33)19-32(28(34)35-29(4,5)6)18-23-12-8-10-20(2)14-23/h8-17H,7,18-19H2,1-6H3,(H,31,33). The number of nitrogens with one attached hydrogen (secondary N) is 1. The van der Waals surface area contributed by atoms with Crippen molar-refractivity contribution < 1.29 is 14.3 Å². The summed E-state index contributed by atoms with van der Waals surface area (Å²) in [6.45, 7) is 11.5. The molecule has 35 heavy (non-hydrogen) atoms. The lowest BCUT2D eigenvalue weighted by atomic mass is 10.0. The highest BCUT2D eigenvalue weighted by Crippen LogP contribution is 2.25. The summed E-state index contributed by atoms with van der Waals surface area (Å²) < 4.78 is 5.57. The van der Waals surface area contributed by atoms with Crippen LogP contribution in [0.3, 0.4) is 0 Å². The number of amides is 2. The van der Waals surface area contributed by atoms with Crippen molar-refractivity contribution in [1.82, 2.24) is 9.88 Å². The molecule has 0 aliphatic rings. The van der Waals surface area contributed by atoms with Crippen molar-refractivity contribution in [3.8, 4) is 11.1 Å². The summed E-state index contributed by atoms with van der Waals surface area (Å²) >= 11 is 0. The maximum atomic E-state index is 13.1. The Morgan fingerprint density at radius 3 is 2.37 bits per heavy atom. The molecule has 0 saturated carbocycles. The summed E-state index contributed by atoms with van der Waals surface area (Å²) in [4.78, 5) is 31.9. The molecule has 0 aliphatic carbocycles. The molecule has 184 valence electrons. The second-order valence-corrected chi connectivity index (χ2v) is 9.78. The van der Waals surface area contributed by atoms with Crippen molar-refractivity contribution in [1.29, 1.82) is 0 Å². The van der Waals surface area contributed by atoms with E-state index in [4.69, 9.17) is 4.74 Å². The van der Waals surface area contributed by atoms with Crippen LogP contribution in [0.15, 0.2) is 60.8 Å². The zero-order valence-electron chi connectivity index (χ0n) is 21.5. The van der Waals surface area contributed by atoms with E-state index in [0.29, 0.717) is 11.4 Å². The molecule has 0 atom stereocenters. The largest absolute Gasteiger partial charge is 0.444 e. The number of hydrogen-bond acceptors (Lipinski definition) is 4. The fourth-order valence-electron chi connectivity index (χ4n) is 3.69. The Kier molecular flexibility index (Phi) is 8.28. The molecule has 6 nitrogen and oxygen atoms in total. The summed E-state index contributed by atoms with van der Waals surface area (Å²) in [6, 6.07) is 18.1. The maximum absolute atomic E-state index is 13.1. The number of hydrogen-bond donors (Lipinski definition) is 1. The van der Waals surface area contributed by atoms with Gasteiger partial charge in [0.15, 0.2) is 0 Å². The molecule has 3 rings (SSSR count). The molecule has 0 unspecified atom stereocenters. The van der Waals surface area contributed by atoms with Crippen molar-refractivity contribution in [3.05, 3.63) is 83.2 Å². The molecule has 0 bridgehead atoms. The minimum absolute atomic E-state index is 0.141. The first kappa shape index (κ1) is 25.9. The van der Waals surface area contributed by atoms with Crippen molar-refractivity contribution in [2.24, 2.45) is 0 Å². The van der Waals surface area contributed by atoms with E-state index < -0.39 is 11.7 Å². The van der Waals surface area contributed by atoms with Crippen LogP contribution in [0.2, 0.25) is 0 Å².